The van der Waals surface area contributed by atoms with Crippen molar-refractivity contribution in [2.75, 3.05) is 5.32 Å². The normalized spacial score (nSPS) is 11.0. The van der Waals surface area contributed by atoms with Gasteiger partial charge in [0.25, 0.3) is 0 Å². The Morgan fingerprint density at radius 3 is 2.42 bits per heavy atom. The van der Waals surface area contributed by atoms with Crippen LogP contribution in [0.1, 0.15) is 17.4 Å². The van der Waals surface area contributed by atoms with E-state index in [4.69, 9.17) is 11.6 Å². The van der Waals surface area contributed by atoms with Gasteiger partial charge in [-0.15, -0.1) is 11.3 Å². The number of rotatable bonds is 4. The van der Waals surface area contributed by atoms with Crippen LogP contribution in [0.25, 0.3) is 21.3 Å². The topological polar surface area (TPSA) is 37.8 Å². The number of aromatic nitrogens is 2. The number of hydrogen-bond acceptors (Lipinski definition) is 4. The molecule has 0 atom stereocenters. The van der Waals surface area contributed by atoms with Crippen LogP contribution in [0, 0.1) is 6.92 Å². The van der Waals surface area contributed by atoms with Crippen molar-refractivity contribution in [1.29, 1.82) is 0 Å². The van der Waals surface area contributed by atoms with Gasteiger partial charge in [-0.2, -0.15) is 4.98 Å². The van der Waals surface area contributed by atoms with Crippen molar-refractivity contribution in [2.24, 2.45) is 0 Å². The molecular formula is C21H18ClN3S. The number of benzene rings is 2. The number of nitrogens with zero attached hydrogens (tertiary/aromatic N) is 2. The number of nitrogens with one attached hydrogen (secondary N) is 1. The van der Waals surface area contributed by atoms with Gasteiger partial charge in [0.15, 0.2) is 0 Å². The van der Waals surface area contributed by atoms with Gasteiger partial charge in [-0.1, -0.05) is 49.4 Å². The highest BCUT2D eigenvalue weighted by Gasteiger charge is 2.18. The van der Waals surface area contributed by atoms with E-state index in [1.807, 2.05) is 18.2 Å². The second-order valence-corrected chi connectivity index (χ2v) is 7.64. The molecule has 0 bridgehead atoms. The third-order valence-corrected chi connectivity index (χ3v) is 5.56. The molecule has 0 aliphatic heterocycles. The van der Waals surface area contributed by atoms with E-state index in [1.54, 1.807) is 11.3 Å². The molecule has 0 saturated heterocycles. The monoisotopic (exact) mass is 379 g/mol. The molecule has 3 nitrogen and oxygen atoms in total. The summed E-state index contributed by atoms with van der Waals surface area (Å²) in [6.45, 7) is 4.26. The molecule has 0 fully saturated rings. The van der Waals surface area contributed by atoms with Crippen molar-refractivity contribution in [2.45, 2.75) is 20.3 Å². The summed E-state index contributed by atoms with van der Waals surface area (Å²) in [4.78, 5) is 11.0. The molecule has 0 saturated carbocycles. The van der Waals surface area contributed by atoms with Gasteiger partial charge >= 0.3 is 0 Å². The maximum Gasteiger partial charge on any atom is 0.225 e. The van der Waals surface area contributed by atoms with E-state index < -0.39 is 0 Å². The summed E-state index contributed by atoms with van der Waals surface area (Å²) in [5.74, 6) is 0.743. The van der Waals surface area contributed by atoms with E-state index in [-0.39, 0.29) is 5.28 Å². The van der Waals surface area contributed by atoms with Crippen molar-refractivity contribution in [3.05, 3.63) is 70.3 Å². The minimum atomic E-state index is 0.256. The van der Waals surface area contributed by atoms with Crippen molar-refractivity contribution in [1.82, 2.24) is 9.97 Å². The van der Waals surface area contributed by atoms with Crippen molar-refractivity contribution in [3.8, 4) is 11.1 Å². The summed E-state index contributed by atoms with van der Waals surface area (Å²) in [5, 5.41) is 4.71. The first kappa shape index (κ1) is 17.0. The fraction of sp³-hybridized carbons (Fsp3) is 0.143. The molecule has 4 rings (SSSR count). The second-order valence-electron chi connectivity index (χ2n) is 6.10. The number of anilines is 2. The van der Waals surface area contributed by atoms with Gasteiger partial charge in [-0.25, -0.2) is 4.98 Å². The third-order valence-electron chi connectivity index (χ3n) is 4.39. The highest BCUT2D eigenvalue weighted by atomic mass is 35.5. The lowest BCUT2D eigenvalue weighted by molar-refractivity contribution is 1.14. The first-order valence-corrected chi connectivity index (χ1v) is 9.73. The average Bonchev–Trinajstić information content (AvgIpc) is 2.99. The van der Waals surface area contributed by atoms with Gasteiger partial charge in [0.1, 0.15) is 10.6 Å². The minimum absolute atomic E-state index is 0.256. The van der Waals surface area contributed by atoms with Gasteiger partial charge in [0.05, 0.1) is 5.39 Å². The smallest absolute Gasteiger partial charge is 0.225 e. The molecule has 0 unspecified atom stereocenters. The minimum Gasteiger partial charge on any atom is -0.340 e. The first-order valence-electron chi connectivity index (χ1n) is 8.53. The van der Waals surface area contributed by atoms with Gasteiger partial charge in [-0.05, 0) is 48.2 Å². The molecule has 0 spiro atoms. The van der Waals surface area contributed by atoms with Gasteiger partial charge in [0, 0.05) is 16.1 Å². The molecule has 1 N–H and O–H groups in total. The zero-order valence-electron chi connectivity index (χ0n) is 14.6. The van der Waals surface area contributed by atoms with E-state index in [1.165, 1.54) is 10.4 Å². The van der Waals surface area contributed by atoms with Crippen LogP contribution < -0.4 is 5.32 Å². The number of halogens is 1. The van der Waals surface area contributed by atoms with Crippen LogP contribution >= 0.6 is 22.9 Å². The van der Waals surface area contributed by atoms with Crippen molar-refractivity contribution in [3.63, 3.8) is 0 Å². The highest BCUT2D eigenvalue weighted by Crippen LogP contribution is 2.41. The predicted molar refractivity (Wildman–Crippen MR) is 112 cm³/mol. The summed E-state index contributed by atoms with van der Waals surface area (Å²) in [6.07, 6.45) is 1.02. The van der Waals surface area contributed by atoms with E-state index in [9.17, 15) is 0 Å². The number of hydrogen-bond donors (Lipinski definition) is 1. The fourth-order valence-corrected chi connectivity index (χ4v) is 4.35. The molecular weight excluding hydrogens is 362 g/mol. The first-order chi connectivity index (χ1) is 12.7. The summed E-state index contributed by atoms with van der Waals surface area (Å²) in [7, 11) is 0. The van der Waals surface area contributed by atoms with Gasteiger partial charge in [0.2, 0.25) is 5.28 Å². The van der Waals surface area contributed by atoms with Crippen LogP contribution in [-0.2, 0) is 6.42 Å². The van der Waals surface area contributed by atoms with Crippen LogP contribution in [0.2, 0.25) is 5.28 Å². The summed E-state index contributed by atoms with van der Waals surface area (Å²) in [6, 6.07) is 18.7. The third kappa shape index (κ3) is 3.18. The Kier molecular flexibility index (Phi) is 4.62. The van der Waals surface area contributed by atoms with E-state index in [2.05, 4.69) is 65.5 Å². The quantitative estimate of drug-likeness (QED) is 0.404. The number of fused-ring (bicyclic) bond motifs is 1. The zero-order chi connectivity index (χ0) is 18.1. The molecule has 2 heterocycles. The SMILES string of the molecule is CCc1ccc(Nc2nc(Cl)nc3sc(C)c(-c4ccccc4)c23)cc1. The summed E-state index contributed by atoms with van der Waals surface area (Å²) < 4.78 is 0. The predicted octanol–water partition coefficient (Wildman–Crippen LogP) is 6.63. The Balaban J connectivity index is 1.87. The van der Waals surface area contributed by atoms with Gasteiger partial charge < -0.3 is 5.32 Å². The largest absolute Gasteiger partial charge is 0.340 e. The van der Waals surface area contributed by atoms with Gasteiger partial charge in [-0.3, -0.25) is 0 Å². The van der Waals surface area contributed by atoms with Crippen LogP contribution in [-0.4, -0.2) is 9.97 Å². The van der Waals surface area contributed by atoms with Crippen LogP contribution in [0.4, 0.5) is 11.5 Å². The average molecular weight is 380 g/mol. The molecule has 2 aromatic heterocycles. The van der Waals surface area contributed by atoms with Crippen LogP contribution in [0.3, 0.4) is 0 Å². The summed E-state index contributed by atoms with van der Waals surface area (Å²) in [5.41, 5.74) is 4.61. The fourth-order valence-electron chi connectivity index (χ4n) is 3.09. The Hall–Kier alpha value is -2.43. The number of thiophene rings is 1. The lowest BCUT2D eigenvalue weighted by Crippen LogP contribution is -1.97. The lowest BCUT2D eigenvalue weighted by atomic mass is 10.0. The van der Waals surface area contributed by atoms with Crippen LogP contribution in [0.15, 0.2) is 54.6 Å². The lowest BCUT2D eigenvalue weighted by Gasteiger charge is -2.10. The molecule has 5 heteroatoms. The highest BCUT2D eigenvalue weighted by molar-refractivity contribution is 7.19. The molecule has 4 aromatic rings. The standard InChI is InChI=1S/C21H18ClN3S/c1-3-14-9-11-16(12-10-14)23-19-18-17(15-7-5-4-6-8-15)13(2)26-20(18)25-21(22)24-19/h4-12H,3H2,1-2H3,(H,23,24,25). The summed E-state index contributed by atoms with van der Waals surface area (Å²) >= 11 is 7.83. The Labute approximate surface area is 161 Å². The Morgan fingerprint density at radius 1 is 1.00 bits per heavy atom. The Bertz CT molecular complexity index is 1060. The van der Waals surface area contributed by atoms with E-state index in [0.29, 0.717) is 0 Å². The molecule has 26 heavy (non-hydrogen) atoms. The zero-order valence-corrected chi connectivity index (χ0v) is 16.2. The second kappa shape index (κ2) is 7.06. The van der Waals surface area contributed by atoms with E-state index in [0.717, 1.165) is 39.3 Å². The van der Waals surface area contributed by atoms with E-state index >= 15 is 0 Å². The van der Waals surface area contributed by atoms with Crippen molar-refractivity contribution < 1.29 is 0 Å². The van der Waals surface area contributed by atoms with Crippen molar-refractivity contribution >= 4 is 44.7 Å². The molecule has 0 amide bonds. The van der Waals surface area contributed by atoms with Crippen LogP contribution in [0.5, 0.6) is 0 Å². The Morgan fingerprint density at radius 2 is 1.73 bits per heavy atom. The molecule has 0 aliphatic rings. The molecule has 0 aliphatic carbocycles. The number of aryl methyl sites for hydroxylation is 2. The molecule has 0 radical (unpaired) electrons. The molecule has 130 valence electrons. The maximum atomic E-state index is 6.19. The molecule has 2 aromatic carbocycles. The maximum absolute atomic E-state index is 6.19.